The summed E-state index contributed by atoms with van der Waals surface area (Å²) in [5, 5.41) is 1.71. The van der Waals surface area contributed by atoms with Crippen LogP contribution >= 0.6 is 0 Å². The maximum absolute atomic E-state index is 14.7. The molecule has 0 aromatic heterocycles. The van der Waals surface area contributed by atoms with Crippen molar-refractivity contribution in [1.82, 2.24) is 20.1 Å². The second-order valence-electron chi connectivity index (χ2n) is 9.50. The zero-order valence-electron chi connectivity index (χ0n) is 20.8. The molecule has 0 aliphatic carbocycles. The first kappa shape index (κ1) is 25.9. The summed E-state index contributed by atoms with van der Waals surface area (Å²) >= 11 is 0. The number of nitrogens with one attached hydrogen (secondary N) is 2. The molecular formula is C28H29FN4O4S. The van der Waals surface area contributed by atoms with Crippen LogP contribution in [0.1, 0.15) is 52.4 Å². The molecule has 3 amide bonds. The number of piperidine rings is 1. The van der Waals surface area contributed by atoms with Crippen molar-refractivity contribution in [2.24, 2.45) is 0 Å². The second-order valence-corrected chi connectivity index (χ2v) is 11.2. The molecule has 3 aromatic carbocycles. The third-order valence-corrected chi connectivity index (χ3v) is 8.32. The number of nitrogens with zero attached hydrogens (tertiary/aromatic N) is 2. The molecule has 2 aliphatic heterocycles. The number of carbonyl (C=O) groups excluding carboxylic acids is 2. The maximum Gasteiger partial charge on any atom is 0.343 e. The first-order valence-corrected chi connectivity index (χ1v) is 14.1. The van der Waals surface area contributed by atoms with Crippen LogP contribution in [0.2, 0.25) is 0 Å². The van der Waals surface area contributed by atoms with Crippen LogP contribution in [0, 0.1) is 5.82 Å². The van der Waals surface area contributed by atoms with Crippen molar-refractivity contribution in [3.63, 3.8) is 0 Å². The number of rotatable bonds is 7. The predicted molar refractivity (Wildman–Crippen MR) is 140 cm³/mol. The molecule has 10 heteroatoms. The van der Waals surface area contributed by atoms with E-state index in [9.17, 15) is 22.4 Å². The lowest BCUT2D eigenvalue weighted by molar-refractivity contribution is 0.0750. The van der Waals surface area contributed by atoms with Gasteiger partial charge in [-0.25, -0.2) is 27.3 Å². The highest BCUT2D eigenvalue weighted by atomic mass is 32.2. The fraction of sp³-hybridized carbons (Fsp3) is 0.286. The van der Waals surface area contributed by atoms with Crippen LogP contribution in [0.25, 0.3) is 0 Å². The number of benzene rings is 3. The summed E-state index contributed by atoms with van der Waals surface area (Å²) in [4.78, 5) is 27.0. The number of hydrogen-bond acceptors (Lipinski definition) is 5. The average Bonchev–Trinajstić information content (AvgIpc) is 3.19. The third-order valence-electron chi connectivity index (χ3n) is 6.98. The van der Waals surface area contributed by atoms with Gasteiger partial charge in [0.1, 0.15) is 5.82 Å². The lowest BCUT2D eigenvalue weighted by Gasteiger charge is -2.26. The first-order chi connectivity index (χ1) is 18.3. The lowest BCUT2D eigenvalue weighted by Crippen LogP contribution is -2.50. The number of fused-ring (bicyclic) bond motifs is 1. The van der Waals surface area contributed by atoms with Crippen molar-refractivity contribution >= 4 is 22.0 Å². The molecule has 0 spiro atoms. The molecule has 1 unspecified atom stereocenters. The standard InChI is InChI=1S/C28H29FN4O4S/c29-25-11-5-4-10-24(25)26-22-8-2-3-9-23(22)27(34)33(26)19-16-20-12-14-21(15-13-20)38(36,37)31-28(35)30-32-17-6-1-7-18-32/h2-5,8-15,26H,1,6-7,16-19H2,(H2,30,31,35). The van der Waals surface area contributed by atoms with Crippen LogP contribution in [0.3, 0.4) is 0 Å². The van der Waals surface area contributed by atoms with E-state index in [4.69, 9.17) is 0 Å². The molecule has 8 nitrogen and oxygen atoms in total. The van der Waals surface area contributed by atoms with Gasteiger partial charge in [0.15, 0.2) is 0 Å². The zero-order valence-corrected chi connectivity index (χ0v) is 21.6. The van der Waals surface area contributed by atoms with Crippen molar-refractivity contribution in [3.8, 4) is 0 Å². The number of hydrazine groups is 1. The van der Waals surface area contributed by atoms with E-state index in [0.29, 0.717) is 37.2 Å². The maximum atomic E-state index is 14.7. The molecular weight excluding hydrogens is 507 g/mol. The highest BCUT2D eigenvalue weighted by Crippen LogP contribution is 2.39. The van der Waals surface area contributed by atoms with Crippen molar-refractivity contribution < 1.29 is 22.4 Å². The molecule has 3 aromatic rings. The summed E-state index contributed by atoms with van der Waals surface area (Å²) in [7, 11) is -4.05. The summed E-state index contributed by atoms with van der Waals surface area (Å²) in [5.41, 5.74) is 5.13. The number of urea groups is 1. The number of sulfonamides is 1. The van der Waals surface area contributed by atoms with E-state index >= 15 is 0 Å². The number of carbonyl (C=O) groups is 2. The quantitative estimate of drug-likeness (QED) is 0.476. The smallest absolute Gasteiger partial charge is 0.327 e. The Morgan fingerprint density at radius 3 is 2.26 bits per heavy atom. The first-order valence-electron chi connectivity index (χ1n) is 12.6. The van der Waals surface area contributed by atoms with Crippen molar-refractivity contribution in [2.75, 3.05) is 19.6 Å². The van der Waals surface area contributed by atoms with E-state index < -0.39 is 22.1 Å². The van der Waals surface area contributed by atoms with Crippen molar-refractivity contribution in [3.05, 3.63) is 101 Å². The minimum Gasteiger partial charge on any atom is -0.327 e. The summed E-state index contributed by atoms with van der Waals surface area (Å²) in [6.45, 7) is 1.68. The van der Waals surface area contributed by atoms with Gasteiger partial charge in [-0.15, -0.1) is 0 Å². The van der Waals surface area contributed by atoms with Crippen LogP contribution in [-0.2, 0) is 16.4 Å². The fourth-order valence-electron chi connectivity index (χ4n) is 5.07. The van der Waals surface area contributed by atoms with Gasteiger partial charge in [-0.1, -0.05) is 55.0 Å². The molecule has 0 bridgehead atoms. The number of amides is 3. The highest BCUT2D eigenvalue weighted by Gasteiger charge is 2.38. The molecule has 38 heavy (non-hydrogen) atoms. The molecule has 0 saturated carbocycles. The number of halogens is 1. The van der Waals surface area contributed by atoms with Gasteiger partial charge in [-0.2, -0.15) is 0 Å². The fourth-order valence-corrected chi connectivity index (χ4v) is 5.97. The van der Waals surface area contributed by atoms with Gasteiger partial charge >= 0.3 is 6.03 Å². The summed E-state index contributed by atoms with van der Waals surface area (Å²) in [6, 6.07) is 18.5. The molecule has 2 aliphatic rings. The van der Waals surface area contributed by atoms with E-state index in [1.807, 2.05) is 12.1 Å². The average molecular weight is 537 g/mol. The Morgan fingerprint density at radius 2 is 1.55 bits per heavy atom. The van der Waals surface area contributed by atoms with E-state index in [2.05, 4.69) is 10.1 Å². The zero-order chi connectivity index (χ0) is 26.7. The van der Waals surface area contributed by atoms with E-state index in [1.54, 1.807) is 52.4 Å². The third kappa shape index (κ3) is 5.41. The van der Waals surface area contributed by atoms with Crippen molar-refractivity contribution in [2.45, 2.75) is 36.6 Å². The Morgan fingerprint density at radius 1 is 0.895 bits per heavy atom. The van der Waals surface area contributed by atoms with E-state index in [1.165, 1.54) is 18.2 Å². The highest BCUT2D eigenvalue weighted by molar-refractivity contribution is 7.90. The van der Waals surface area contributed by atoms with E-state index in [-0.39, 0.29) is 16.6 Å². The summed E-state index contributed by atoms with van der Waals surface area (Å²) in [5.74, 6) is -0.546. The largest absolute Gasteiger partial charge is 0.343 e. The molecule has 2 N–H and O–H groups in total. The Hall–Kier alpha value is -3.76. The SMILES string of the molecule is O=C(NN1CCCCC1)NS(=O)(=O)c1ccc(CCN2C(=O)c3ccccc3C2c2ccccc2F)cc1. The molecule has 2 heterocycles. The Kier molecular flexibility index (Phi) is 7.44. The van der Waals surface area contributed by atoms with Gasteiger partial charge in [0.25, 0.3) is 15.9 Å². The second kappa shape index (κ2) is 10.9. The molecule has 1 saturated heterocycles. The van der Waals surface area contributed by atoms with Crippen LogP contribution < -0.4 is 10.1 Å². The van der Waals surface area contributed by atoms with Gasteiger partial charge in [0.05, 0.1) is 10.9 Å². The molecule has 1 atom stereocenters. The summed E-state index contributed by atoms with van der Waals surface area (Å²) < 4.78 is 42.2. The van der Waals surface area contributed by atoms with Crippen LogP contribution in [-0.4, -0.2) is 49.9 Å². The van der Waals surface area contributed by atoms with Gasteiger partial charge in [0.2, 0.25) is 0 Å². The Labute approximate surface area is 221 Å². The van der Waals surface area contributed by atoms with Gasteiger partial charge in [-0.3, -0.25) is 10.2 Å². The van der Waals surface area contributed by atoms with Crippen LogP contribution in [0.15, 0.2) is 77.7 Å². The predicted octanol–water partition coefficient (Wildman–Crippen LogP) is 4.00. The van der Waals surface area contributed by atoms with Gasteiger partial charge in [-0.05, 0) is 54.7 Å². The topological polar surface area (TPSA) is 98.8 Å². The molecule has 5 rings (SSSR count). The van der Waals surface area contributed by atoms with Crippen molar-refractivity contribution in [1.29, 1.82) is 0 Å². The molecule has 198 valence electrons. The van der Waals surface area contributed by atoms with Gasteiger partial charge < -0.3 is 4.90 Å². The molecule has 1 fully saturated rings. The molecule has 0 radical (unpaired) electrons. The monoisotopic (exact) mass is 536 g/mol. The van der Waals surface area contributed by atoms with Gasteiger partial charge in [0, 0.05) is 30.8 Å². The summed E-state index contributed by atoms with van der Waals surface area (Å²) in [6.07, 6.45) is 3.43. The number of hydrogen-bond donors (Lipinski definition) is 2. The van der Waals surface area contributed by atoms with E-state index in [0.717, 1.165) is 30.4 Å². The van der Waals surface area contributed by atoms with Crippen LogP contribution in [0.5, 0.6) is 0 Å². The lowest BCUT2D eigenvalue weighted by atomic mass is 9.97. The minimum atomic E-state index is -4.05. The Bertz CT molecular complexity index is 1440. The Balaban J connectivity index is 1.26. The minimum absolute atomic E-state index is 0.0380. The van der Waals surface area contributed by atoms with Crippen LogP contribution in [0.4, 0.5) is 9.18 Å². The normalized spacial score (nSPS) is 17.8.